The van der Waals surface area contributed by atoms with Gasteiger partial charge in [-0.2, -0.15) is 18.2 Å². The van der Waals surface area contributed by atoms with Gasteiger partial charge < -0.3 is 21.3 Å². The molecule has 0 aliphatic carbocycles. The van der Waals surface area contributed by atoms with Gasteiger partial charge in [-0.15, -0.1) is 0 Å². The van der Waals surface area contributed by atoms with E-state index in [1.54, 1.807) is 0 Å². The van der Waals surface area contributed by atoms with E-state index in [4.69, 9.17) is 0 Å². The zero-order chi connectivity index (χ0) is 18.6. The summed E-state index contributed by atoms with van der Waals surface area (Å²) in [4.78, 5) is 7.71. The topological polar surface area (TPSA) is 73.9 Å². The molecule has 1 heterocycles. The van der Waals surface area contributed by atoms with Crippen molar-refractivity contribution in [3.05, 3.63) is 35.0 Å². The van der Waals surface area contributed by atoms with Gasteiger partial charge in [0.2, 0.25) is 5.95 Å². The molecule has 2 rings (SSSR count). The largest absolute Gasteiger partial charge is 0.421 e. The zero-order valence-electron chi connectivity index (χ0n) is 14.5. The quantitative estimate of drug-likeness (QED) is 0.638. The van der Waals surface area contributed by atoms with E-state index in [0.717, 1.165) is 23.0 Å². The van der Waals surface area contributed by atoms with Crippen molar-refractivity contribution in [2.24, 2.45) is 0 Å². The summed E-state index contributed by atoms with van der Waals surface area (Å²) in [5.41, 5.74) is 2.76. The minimum atomic E-state index is -4.51. The minimum absolute atomic E-state index is 0.0869. The maximum atomic E-state index is 12.9. The normalized spacial score (nSPS) is 11.3. The molecule has 0 fully saturated rings. The van der Waals surface area contributed by atoms with E-state index in [1.165, 1.54) is 7.05 Å². The van der Waals surface area contributed by atoms with Gasteiger partial charge in [0.1, 0.15) is 11.4 Å². The maximum absolute atomic E-state index is 12.9. The Balaban J connectivity index is 2.37. The Labute approximate surface area is 144 Å². The molecule has 2 aromatic rings. The van der Waals surface area contributed by atoms with Gasteiger partial charge >= 0.3 is 6.18 Å². The number of benzene rings is 1. The van der Waals surface area contributed by atoms with Gasteiger partial charge in [-0.25, -0.2) is 4.98 Å². The molecule has 0 saturated carbocycles. The van der Waals surface area contributed by atoms with Crippen molar-refractivity contribution in [1.82, 2.24) is 15.3 Å². The third-order valence-corrected chi connectivity index (χ3v) is 3.75. The smallest absolute Gasteiger partial charge is 0.388 e. The predicted molar refractivity (Wildman–Crippen MR) is 93.4 cm³/mol. The number of alkyl halides is 3. The molecular formula is C16H21F3N6. The van der Waals surface area contributed by atoms with Crippen molar-refractivity contribution in [3.8, 4) is 0 Å². The second-order valence-corrected chi connectivity index (χ2v) is 5.38. The average molecular weight is 354 g/mol. The van der Waals surface area contributed by atoms with E-state index in [9.17, 15) is 13.2 Å². The number of nitrogens with one attached hydrogen (secondary N) is 4. The second-order valence-electron chi connectivity index (χ2n) is 5.38. The van der Waals surface area contributed by atoms with Crippen molar-refractivity contribution in [2.45, 2.75) is 19.6 Å². The van der Waals surface area contributed by atoms with Crippen LogP contribution in [0, 0.1) is 6.92 Å². The number of rotatable bonds is 6. The van der Waals surface area contributed by atoms with Gasteiger partial charge in [0.05, 0.1) is 0 Å². The molecule has 0 bridgehead atoms. The van der Waals surface area contributed by atoms with Crippen LogP contribution in [0.25, 0.3) is 0 Å². The Bertz CT molecular complexity index is 745. The molecule has 4 N–H and O–H groups in total. The van der Waals surface area contributed by atoms with Gasteiger partial charge in [-0.1, -0.05) is 6.07 Å². The minimum Gasteiger partial charge on any atom is -0.388 e. The Morgan fingerprint density at radius 2 is 1.80 bits per heavy atom. The first-order valence-corrected chi connectivity index (χ1v) is 7.65. The molecule has 0 aliphatic rings. The SMILES string of the molecule is CNCc1ccc(Nc2ncc(C(F)(F)F)c(NC)n2)c(C)c1NC. The molecule has 0 unspecified atom stereocenters. The summed E-state index contributed by atoms with van der Waals surface area (Å²) in [6.07, 6.45) is -3.74. The van der Waals surface area contributed by atoms with Crippen LogP contribution in [0.3, 0.4) is 0 Å². The first kappa shape index (κ1) is 18.8. The Hall–Kier alpha value is -2.55. The van der Waals surface area contributed by atoms with Crippen LogP contribution in [0.2, 0.25) is 0 Å². The lowest BCUT2D eigenvalue weighted by molar-refractivity contribution is -0.137. The van der Waals surface area contributed by atoms with Crippen LogP contribution in [0.5, 0.6) is 0 Å². The summed E-state index contributed by atoms with van der Waals surface area (Å²) in [6.45, 7) is 2.61. The Morgan fingerprint density at radius 3 is 2.36 bits per heavy atom. The summed E-state index contributed by atoms with van der Waals surface area (Å²) in [7, 11) is 5.06. The summed E-state index contributed by atoms with van der Waals surface area (Å²) >= 11 is 0. The number of hydrogen-bond donors (Lipinski definition) is 4. The van der Waals surface area contributed by atoms with Crippen LogP contribution in [-0.4, -0.2) is 31.1 Å². The maximum Gasteiger partial charge on any atom is 0.421 e. The van der Waals surface area contributed by atoms with Crippen LogP contribution >= 0.6 is 0 Å². The molecule has 9 heteroatoms. The Kier molecular flexibility index (Phi) is 5.68. The molecular weight excluding hydrogens is 333 g/mol. The van der Waals surface area contributed by atoms with E-state index in [0.29, 0.717) is 12.2 Å². The molecule has 0 amide bonds. The standard InChI is InChI=1S/C16H21F3N6/c1-9-12(6-5-10(7-20-2)13(9)21-3)24-15-23-8-11(16(17,18)19)14(22-4)25-15/h5-6,8,20-21H,7H2,1-4H3,(H2,22,23,24,25). The van der Waals surface area contributed by atoms with Crippen LogP contribution in [0.4, 0.5) is 36.3 Å². The first-order valence-electron chi connectivity index (χ1n) is 7.65. The highest BCUT2D eigenvalue weighted by Gasteiger charge is 2.35. The van der Waals surface area contributed by atoms with E-state index in [1.807, 2.05) is 33.2 Å². The molecule has 0 spiro atoms. The molecule has 6 nitrogen and oxygen atoms in total. The third-order valence-electron chi connectivity index (χ3n) is 3.75. The highest BCUT2D eigenvalue weighted by Crippen LogP contribution is 2.34. The van der Waals surface area contributed by atoms with Gasteiger partial charge in [0, 0.05) is 38.2 Å². The van der Waals surface area contributed by atoms with E-state index in [2.05, 4.69) is 31.2 Å². The average Bonchev–Trinajstić information content (AvgIpc) is 2.56. The molecule has 25 heavy (non-hydrogen) atoms. The summed E-state index contributed by atoms with van der Waals surface area (Å²) in [5, 5.41) is 11.7. The van der Waals surface area contributed by atoms with Crippen molar-refractivity contribution >= 4 is 23.1 Å². The molecule has 1 aromatic carbocycles. The van der Waals surface area contributed by atoms with Crippen molar-refractivity contribution in [2.75, 3.05) is 37.1 Å². The monoisotopic (exact) mass is 354 g/mol. The summed E-state index contributed by atoms with van der Waals surface area (Å²) < 4.78 is 38.8. The molecule has 0 saturated heterocycles. The van der Waals surface area contributed by atoms with Gasteiger partial charge in [0.25, 0.3) is 0 Å². The number of halogens is 3. The van der Waals surface area contributed by atoms with Gasteiger partial charge in [-0.3, -0.25) is 0 Å². The summed E-state index contributed by atoms with van der Waals surface area (Å²) in [5.74, 6) is -0.188. The molecule has 1 aromatic heterocycles. The fraction of sp³-hybridized carbons (Fsp3) is 0.375. The lowest BCUT2D eigenvalue weighted by Crippen LogP contribution is -2.13. The second kappa shape index (κ2) is 7.56. The highest BCUT2D eigenvalue weighted by molar-refractivity contribution is 5.71. The van der Waals surface area contributed by atoms with Crippen LogP contribution in [-0.2, 0) is 12.7 Å². The fourth-order valence-electron chi connectivity index (χ4n) is 2.55. The van der Waals surface area contributed by atoms with Crippen molar-refractivity contribution in [3.63, 3.8) is 0 Å². The van der Waals surface area contributed by atoms with Crippen molar-refractivity contribution < 1.29 is 13.2 Å². The zero-order valence-corrected chi connectivity index (χ0v) is 14.5. The number of aromatic nitrogens is 2. The van der Waals surface area contributed by atoms with Crippen LogP contribution in [0.1, 0.15) is 16.7 Å². The van der Waals surface area contributed by atoms with Gasteiger partial charge in [0.15, 0.2) is 0 Å². The number of nitrogens with zero attached hydrogens (tertiary/aromatic N) is 2. The first-order chi connectivity index (χ1) is 11.8. The lowest BCUT2D eigenvalue weighted by Gasteiger charge is -2.17. The van der Waals surface area contributed by atoms with Crippen molar-refractivity contribution in [1.29, 1.82) is 0 Å². The molecule has 136 valence electrons. The van der Waals surface area contributed by atoms with Crippen LogP contribution < -0.4 is 21.3 Å². The Morgan fingerprint density at radius 1 is 1.08 bits per heavy atom. The van der Waals surface area contributed by atoms with Gasteiger partial charge in [-0.05, 0) is 31.2 Å². The number of anilines is 4. The molecule has 0 atom stereocenters. The van der Waals surface area contributed by atoms with E-state index in [-0.39, 0.29) is 11.8 Å². The molecule has 0 aliphatic heterocycles. The van der Waals surface area contributed by atoms with Crippen LogP contribution in [0.15, 0.2) is 18.3 Å². The number of hydrogen-bond acceptors (Lipinski definition) is 6. The highest BCUT2D eigenvalue weighted by atomic mass is 19.4. The molecule has 0 radical (unpaired) electrons. The lowest BCUT2D eigenvalue weighted by atomic mass is 10.1. The summed E-state index contributed by atoms with van der Waals surface area (Å²) in [6, 6.07) is 3.78. The third kappa shape index (κ3) is 4.11. The van der Waals surface area contributed by atoms with E-state index < -0.39 is 11.7 Å². The predicted octanol–water partition coefficient (Wildman–Crippen LogP) is 3.35. The fourth-order valence-corrected chi connectivity index (χ4v) is 2.55. The van der Waals surface area contributed by atoms with E-state index >= 15 is 0 Å².